The zero-order valence-corrected chi connectivity index (χ0v) is 21.9. The highest BCUT2D eigenvalue weighted by Crippen LogP contribution is 2.40. The van der Waals surface area contributed by atoms with Crippen LogP contribution >= 0.6 is 0 Å². The van der Waals surface area contributed by atoms with E-state index in [-0.39, 0.29) is 17.9 Å². The molecule has 5 rings (SSSR count). The van der Waals surface area contributed by atoms with Gasteiger partial charge in [0.2, 0.25) is 0 Å². The lowest BCUT2D eigenvalue weighted by Crippen LogP contribution is -2.56. The van der Waals surface area contributed by atoms with Crippen molar-refractivity contribution in [1.29, 1.82) is 0 Å². The van der Waals surface area contributed by atoms with E-state index in [0.717, 1.165) is 17.7 Å². The van der Waals surface area contributed by atoms with Crippen LogP contribution in [0.15, 0.2) is 54.6 Å². The Labute approximate surface area is 218 Å². The van der Waals surface area contributed by atoms with E-state index in [4.69, 9.17) is 14.2 Å². The van der Waals surface area contributed by atoms with Gasteiger partial charge in [-0.15, -0.1) is 0 Å². The Morgan fingerprint density at radius 2 is 1.62 bits per heavy atom. The molecule has 3 aromatic carbocycles. The van der Waals surface area contributed by atoms with Crippen molar-refractivity contribution in [2.24, 2.45) is 0 Å². The number of rotatable bonds is 7. The van der Waals surface area contributed by atoms with Gasteiger partial charge in [0.1, 0.15) is 17.8 Å². The van der Waals surface area contributed by atoms with Crippen LogP contribution in [0.3, 0.4) is 0 Å². The maximum Gasteiger partial charge on any atom is 0.161 e. The second-order valence-corrected chi connectivity index (χ2v) is 9.85. The zero-order valence-electron chi connectivity index (χ0n) is 21.9. The Morgan fingerprint density at radius 1 is 0.919 bits per heavy atom. The van der Waals surface area contributed by atoms with E-state index in [1.165, 1.54) is 22.8 Å². The van der Waals surface area contributed by atoms with E-state index >= 15 is 0 Å². The molecule has 0 radical (unpaired) electrons. The van der Waals surface area contributed by atoms with E-state index < -0.39 is 6.23 Å². The number of halogens is 1. The summed E-state index contributed by atoms with van der Waals surface area (Å²) in [5, 5.41) is 11.9. The summed E-state index contributed by atoms with van der Waals surface area (Å²) >= 11 is 0. The molecule has 0 saturated heterocycles. The topological polar surface area (TPSA) is 54.4 Å². The second kappa shape index (κ2) is 10.7. The summed E-state index contributed by atoms with van der Waals surface area (Å²) in [6.07, 6.45) is 0.722. The SMILES string of the molecule is COc1cc2c(cc1OC)C(C)N(C(O)C1Cc3ccccc3CN1Cc1c(F)cccc1OC)CC2. The number of methoxy groups -OCH3 is 3. The smallest absolute Gasteiger partial charge is 0.161 e. The molecule has 3 atom stereocenters. The maximum absolute atomic E-state index is 14.9. The minimum Gasteiger partial charge on any atom is -0.496 e. The van der Waals surface area contributed by atoms with Crippen LogP contribution in [0, 0.1) is 5.82 Å². The van der Waals surface area contributed by atoms with Crippen LogP contribution in [0.1, 0.15) is 40.8 Å². The molecule has 0 bridgehead atoms. The van der Waals surface area contributed by atoms with Crippen LogP contribution < -0.4 is 14.2 Å². The fourth-order valence-electron chi connectivity index (χ4n) is 5.90. The Kier molecular flexibility index (Phi) is 7.38. The average molecular weight is 507 g/mol. The summed E-state index contributed by atoms with van der Waals surface area (Å²) in [6, 6.07) is 17.0. The number of aliphatic hydroxyl groups excluding tert-OH is 1. The molecule has 2 heterocycles. The molecule has 1 N–H and O–H groups in total. The van der Waals surface area contributed by atoms with Gasteiger partial charge in [0.25, 0.3) is 0 Å². The van der Waals surface area contributed by atoms with Crippen molar-refractivity contribution < 1.29 is 23.7 Å². The largest absolute Gasteiger partial charge is 0.496 e. The minimum absolute atomic E-state index is 0.0272. The van der Waals surface area contributed by atoms with E-state index in [0.29, 0.717) is 43.1 Å². The minimum atomic E-state index is -0.748. The maximum atomic E-state index is 14.9. The second-order valence-electron chi connectivity index (χ2n) is 9.85. The summed E-state index contributed by atoms with van der Waals surface area (Å²) in [6.45, 7) is 3.79. The van der Waals surface area contributed by atoms with E-state index in [2.05, 4.69) is 28.9 Å². The Bertz CT molecular complexity index is 1270. The van der Waals surface area contributed by atoms with E-state index in [1.54, 1.807) is 33.5 Å². The Balaban J connectivity index is 1.47. The molecular formula is C30H35FN2O4. The Morgan fingerprint density at radius 3 is 2.35 bits per heavy atom. The quantitative estimate of drug-likeness (QED) is 0.501. The molecule has 0 aliphatic carbocycles. The first-order chi connectivity index (χ1) is 17.9. The fourth-order valence-corrected chi connectivity index (χ4v) is 5.90. The fraction of sp³-hybridized carbons (Fsp3) is 0.400. The standard InChI is InChI=1S/C30H35FN2O4/c1-19-23-16-29(37-4)28(36-3)15-21(23)12-13-33(19)30(34)26-14-20-8-5-6-9-22(20)17-32(26)18-24-25(31)10-7-11-27(24)35-2/h5-11,15-16,19,26,30,34H,12-14,17-18H2,1-4H3. The van der Waals surface area contributed by atoms with Crippen molar-refractivity contribution in [3.05, 3.63) is 88.2 Å². The number of nitrogens with zero attached hydrogens (tertiary/aromatic N) is 2. The highest BCUT2D eigenvalue weighted by atomic mass is 19.1. The number of hydrogen-bond acceptors (Lipinski definition) is 6. The molecule has 0 aromatic heterocycles. The molecule has 7 heteroatoms. The highest BCUT2D eigenvalue weighted by molar-refractivity contribution is 5.49. The van der Waals surface area contributed by atoms with Gasteiger partial charge in [-0.2, -0.15) is 0 Å². The van der Waals surface area contributed by atoms with Crippen molar-refractivity contribution >= 4 is 0 Å². The Hall–Kier alpha value is -3.13. The lowest BCUT2D eigenvalue weighted by Gasteiger charge is -2.46. The predicted octanol–water partition coefficient (Wildman–Crippen LogP) is 4.72. The van der Waals surface area contributed by atoms with Gasteiger partial charge in [-0.25, -0.2) is 4.39 Å². The third-order valence-corrected chi connectivity index (χ3v) is 7.96. The first-order valence-corrected chi connectivity index (χ1v) is 12.8. The summed E-state index contributed by atoms with van der Waals surface area (Å²) < 4.78 is 31.5. The van der Waals surface area contributed by atoms with Crippen LogP contribution in [-0.4, -0.2) is 55.1 Å². The summed E-state index contributed by atoms with van der Waals surface area (Å²) in [5.74, 6) is 1.63. The molecule has 3 unspecified atom stereocenters. The van der Waals surface area contributed by atoms with Crippen molar-refractivity contribution in [1.82, 2.24) is 9.80 Å². The van der Waals surface area contributed by atoms with E-state index in [9.17, 15) is 9.50 Å². The average Bonchev–Trinajstić information content (AvgIpc) is 2.93. The van der Waals surface area contributed by atoms with Gasteiger partial charge in [-0.05, 0) is 66.3 Å². The number of aliphatic hydroxyl groups is 1. The van der Waals surface area contributed by atoms with Crippen LogP contribution in [0.4, 0.5) is 4.39 Å². The molecule has 196 valence electrons. The van der Waals surface area contributed by atoms with Crippen molar-refractivity contribution in [2.45, 2.75) is 51.2 Å². The molecule has 2 aliphatic rings. The summed E-state index contributed by atoms with van der Waals surface area (Å²) in [5.41, 5.74) is 5.27. The molecule has 0 spiro atoms. The molecular weight excluding hydrogens is 471 g/mol. The third-order valence-electron chi connectivity index (χ3n) is 7.96. The van der Waals surface area contributed by atoms with Gasteiger partial charge in [0.15, 0.2) is 11.5 Å². The molecule has 0 fully saturated rings. The van der Waals surface area contributed by atoms with Gasteiger partial charge in [-0.1, -0.05) is 30.3 Å². The lowest BCUT2D eigenvalue weighted by molar-refractivity contribution is -0.0890. The van der Waals surface area contributed by atoms with Gasteiger partial charge < -0.3 is 19.3 Å². The summed E-state index contributed by atoms with van der Waals surface area (Å²) in [7, 11) is 4.84. The number of fused-ring (bicyclic) bond motifs is 2. The van der Waals surface area contributed by atoms with Gasteiger partial charge in [0.05, 0.1) is 27.4 Å². The first-order valence-electron chi connectivity index (χ1n) is 12.8. The molecule has 6 nitrogen and oxygen atoms in total. The van der Waals surface area contributed by atoms with Crippen LogP contribution in [0.5, 0.6) is 17.2 Å². The number of hydrogen-bond donors (Lipinski definition) is 1. The van der Waals surface area contributed by atoms with Crippen molar-refractivity contribution in [3.8, 4) is 17.2 Å². The normalized spacial score (nSPS) is 20.6. The van der Waals surface area contributed by atoms with Crippen LogP contribution in [0.25, 0.3) is 0 Å². The van der Waals surface area contributed by atoms with Crippen molar-refractivity contribution in [3.63, 3.8) is 0 Å². The number of ether oxygens (including phenoxy) is 3. The molecule has 37 heavy (non-hydrogen) atoms. The van der Waals surface area contributed by atoms with Gasteiger partial charge in [0, 0.05) is 31.2 Å². The van der Waals surface area contributed by atoms with Crippen molar-refractivity contribution in [2.75, 3.05) is 27.9 Å². The highest BCUT2D eigenvalue weighted by Gasteiger charge is 2.39. The molecule has 0 amide bonds. The van der Waals surface area contributed by atoms with Gasteiger partial charge in [-0.3, -0.25) is 9.80 Å². The van der Waals surface area contributed by atoms with Crippen LogP contribution in [0.2, 0.25) is 0 Å². The third kappa shape index (κ3) is 4.79. The first kappa shape index (κ1) is 25.5. The summed E-state index contributed by atoms with van der Waals surface area (Å²) in [4.78, 5) is 4.34. The monoisotopic (exact) mass is 506 g/mol. The predicted molar refractivity (Wildman–Crippen MR) is 141 cm³/mol. The molecule has 3 aromatic rings. The zero-order chi connectivity index (χ0) is 26.1. The molecule has 2 aliphatic heterocycles. The van der Waals surface area contributed by atoms with E-state index in [1.807, 2.05) is 24.3 Å². The van der Waals surface area contributed by atoms with Gasteiger partial charge >= 0.3 is 0 Å². The lowest BCUT2D eigenvalue weighted by atomic mass is 9.89. The van der Waals surface area contributed by atoms with Crippen LogP contribution in [-0.2, 0) is 25.9 Å². The molecule has 0 saturated carbocycles. The number of benzene rings is 3.